The Hall–Kier alpha value is -0.860. The normalized spacial score (nSPS) is 12.4. The monoisotopic (exact) mass is 284 g/mol. The van der Waals surface area contributed by atoms with Crippen molar-refractivity contribution in [1.82, 2.24) is 4.98 Å². The van der Waals surface area contributed by atoms with Crippen LogP contribution in [0.1, 0.15) is 0 Å². The molecule has 1 heterocycles. The van der Waals surface area contributed by atoms with Gasteiger partial charge in [-0.2, -0.15) is 3.71 Å². The summed E-state index contributed by atoms with van der Waals surface area (Å²) in [6.45, 7) is 0. The summed E-state index contributed by atoms with van der Waals surface area (Å²) in [5.41, 5.74) is -0.0746. The first-order valence-electron chi connectivity index (χ1n) is 3.94. The molecular weight excluding hydrogens is 276 g/mol. The zero-order valence-electron chi connectivity index (χ0n) is 8.45. The summed E-state index contributed by atoms with van der Waals surface area (Å²) >= 11 is 5.52. The summed E-state index contributed by atoms with van der Waals surface area (Å²) in [6, 6.07) is 2.57. The van der Waals surface area contributed by atoms with Crippen molar-refractivity contribution in [1.29, 1.82) is 0 Å². The van der Waals surface area contributed by atoms with E-state index in [1.165, 1.54) is 12.1 Å². The summed E-state index contributed by atoms with van der Waals surface area (Å²) in [5, 5.41) is 0.144. The van der Waals surface area contributed by atoms with Crippen molar-refractivity contribution in [2.75, 3.05) is 16.2 Å². The summed E-state index contributed by atoms with van der Waals surface area (Å²) in [5.74, 6) is 0. The molecule has 0 radical (unpaired) electrons. The zero-order valence-corrected chi connectivity index (χ0v) is 10.8. The zero-order chi connectivity index (χ0) is 12.6. The molecule has 0 fully saturated rings. The van der Waals surface area contributed by atoms with Crippen LogP contribution in [0.3, 0.4) is 0 Å². The Kier molecular flexibility index (Phi) is 3.46. The molecule has 0 aliphatic heterocycles. The molecule has 0 spiro atoms. The SMILES string of the molecule is CS(=O)(=O)N(c1ccc(Cl)nc1)S(C)(=O)=O. The third-order valence-corrected chi connectivity index (χ3v) is 5.00. The molecule has 0 N–H and O–H groups in total. The smallest absolute Gasteiger partial charge is 0.242 e. The molecule has 0 aliphatic rings. The van der Waals surface area contributed by atoms with E-state index >= 15 is 0 Å². The average molecular weight is 285 g/mol. The first-order valence-corrected chi connectivity index (χ1v) is 8.02. The van der Waals surface area contributed by atoms with E-state index in [0.717, 1.165) is 18.7 Å². The van der Waals surface area contributed by atoms with Gasteiger partial charge in [-0.15, -0.1) is 0 Å². The molecule has 0 atom stereocenters. The Bertz CT molecular complexity index is 547. The van der Waals surface area contributed by atoms with E-state index in [1.807, 2.05) is 0 Å². The molecule has 0 aliphatic carbocycles. The van der Waals surface area contributed by atoms with Gasteiger partial charge in [-0.1, -0.05) is 11.6 Å². The van der Waals surface area contributed by atoms with Gasteiger partial charge >= 0.3 is 0 Å². The van der Waals surface area contributed by atoms with E-state index in [-0.39, 0.29) is 10.8 Å². The number of halogens is 1. The van der Waals surface area contributed by atoms with Gasteiger partial charge in [0.2, 0.25) is 20.0 Å². The average Bonchev–Trinajstić information content (AvgIpc) is 2.03. The highest BCUT2D eigenvalue weighted by atomic mass is 35.5. The van der Waals surface area contributed by atoms with E-state index in [4.69, 9.17) is 11.6 Å². The lowest BCUT2D eigenvalue weighted by Gasteiger charge is -2.18. The maximum Gasteiger partial charge on any atom is 0.245 e. The number of pyridine rings is 1. The topological polar surface area (TPSA) is 84.4 Å². The fraction of sp³-hybridized carbons (Fsp3) is 0.286. The number of anilines is 1. The molecule has 0 aromatic carbocycles. The second-order valence-electron chi connectivity index (χ2n) is 3.06. The van der Waals surface area contributed by atoms with Crippen molar-refractivity contribution in [2.45, 2.75) is 0 Å². The molecule has 16 heavy (non-hydrogen) atoms. The Morgan fingerprint density at radius 1 is 1.12 bits per heavy atom. The minimum atomic E-state index is -3.93. The van der Waals surface area contributed by atoms with Crippen molar-refractivity contribution in [3.63, 3.8) is 0 Å². The molecule has 0 amide bonds. The Morgan fingerprint density at radius 2 is 1.62 bits per heavy atom. The number of aromatic nitrogens is 1. The molecule has 1 aromatic heterocycles. The summed E-state index contributed by atoms with van der Waals surface area (Å²) in [7, 11) is -7.85. The molecule has 1 aromatic rings. The predicted molar refractivity (Wildman–Crippen MR) is 61.4 cm³/mol. The van der Waals surface area contributed by atoms with Crippen LogP contribution < -0.4 is 3.71 Å². The van der Waals surface area contributed by atoms with Gasteiger partial charge in [0.05, 0.1) is 24.4 Å². The van der Waals surface area contributed by atoms with E-state index in [2.05, 4.69) is 4.98 Å². The molecule has 1 rings (SSSR count). The number of rotatable bonds is 3. The van der Waals surface area contributed by atoms with Crippen molar-refractivity contribution < 1.29 is 16.8 Å². The van der Waals surface area contributed by atoms with Gasteiger partial charge in [0, 0.05) is 0 Å². The molecule has 0 bridgehead atoms. The maximum atomic E-state index is 11.3. The Balaban J connectivity index is 3.41. The summed E-state index contributed by atoms with van der Waals surface area (Å²) in [4.78, 5) is 3.62. The second kappa shape index (κ2) is 4.19. The van der Waals surface area contributed by atoms with Crippen molar-refractivity contribution >= 4 is 37.3 Å². The van der Waals surface area contributed by atoms with E-state index in [0.29, 0.717) is 3.71 Å². The quantitative estimate of drug-likeness (QED) is 0.753. The molecular formula is C7H9ClN2O4S2. The van der Waals surface area contributed by atoms with Crippen LogP contribution >= 0.6 is 11.6 Å². The summed E-state index contributed by atoms with van der Waals surface area (Å²) in [6.07, 6.45) is 2.66. The van der Waals surface area contributed by atoms with Gasteiger partial charge in [0.1, 0.15) is 5.15 Å². The molecule has 0 unspecified atom stereocenters. The van der Waals surface area contributed by atoms with Gasteiger partial charge in [-0.25, -0.2) is 21.8 Å². The second-order valence-corrected chi connectivity index (χ2v) is 7.34. The minimum absolute atomic E-state index is 0.0746. The number of hydrogen-bond acceptors (Lipinski definition) is 5. The van der Waals surface area contributed by atoms with Gasteiger partial charge in [-0.05, 0) is 12.1 Å². The first-order chi connectivity index (χ1) is 7.12. The van der Waals surface area contributed by atoms with Crippen LogP contribution in [0.5, 0.6) is 0 Å². The summed E-state index contributed by atoms with van der Waals surface area (Å²) < 4.78 is 45.7. The number of nitrogens with zero attached hydrogens (tertiary/aromatic N) is 2. The lowest BCUT2D eigenvalue weighted by atomic mass is 10.4. The van der Waals surface area contributed by atoms with Crippen molar-refractivity contribution in [3.05, 3.63) is 23.5 Å². The van der Waals surface area contributed by atoms with E-state index < -0.39 is 20.0 Å². The highest BCUT2D eigenvalue weighted by Gasteiger charge is 2.27. The van der Waals surface area contributed by atoms with Crippen LogP contribution in [-0.4, -0.2) is 34.3 Å². The van der Waals surface area contributed by atoms with Crippen LogP contribution in [0, 0.1) is 0 Å². The maximum absolute atomic E-state index is 11.3. The van der Waals surface area contributed by atoms with Crippen LogP contribution in [0.4, 0.5) is 5.69 Å². The Morgan fingerprint density at radius 3 is 1.94 bits per heavy atom. The highest BCUT2D eigenvalue weighted by Crippen LogP contribution is 2.20. The number of sulfonamides is 2. The van der Waals surface area contributed by atoms with Crippen LogP contribution in [0.15, 0.2) is 18.3 Å². The van der Waals surface area contributed by atoms with Crippen molar-refractivity contribution in [2.24, 2.45) is 0 Å². The van der Waals surface area contributed by atoms with Gasteiger partial charge in [-0.3, -0.25) is 0 Å². The van der Waals surface area contributed by atoms with Gasteiger partial charge in [0.25, 0.3) is 0 Å². The molecule has 9 heteroatoms. The lowest BCUT2D eigenvalue weighted by molar-refractivity contribution is 0.590. The molecule has 0 saturated carbocycles. The third kappa shape index (κ3) is 3.06. The van der Waals surface area contributed by atoms with Crippen LogP contribution in [0.2, 0.25) is 5.15 Å². The fourth-order valence-corrected chi connectivity index (χ4v) is 4.17. The number of hydrogen-bond donors (Lipinski definition) is 0. The first kappa shape index (κ1) is 13.2. The van der Waals surface area contributed by atoms with Gasteiger partial charge in [0.15, 0.2) is 0 Å². The fourth-order valence-electron chi connectivity index (χ4n) is 1.10. The predicted octanol–water partition coefficient (Wildman–Crippen LogP) is 0.461. The standard InChI is InChI=1S/C7H9ClN2O4S2/c1-15(11,12)10(16(2,13)14)6-3-4-7(8)9-5-6/h3-5H,1-2H3. The Labute approximate surface area is 99.0 Å². The van der Waals surface area contributed by atoms with E-state index in [9.17, 15) is 16.8 Å². The minimum Gasteiger partial charge on any atom is -0.242 e. The molecule has 0 saturated heterocycles. The molecule has 90 valence electrons. The van der Waals surface area contributed by atoms with Crippen LogP contribution in [0.25, 0.3) is 0 Å². The highest BCUT2D eigenvalue weighted by molar-refractivity contribution is 8.09. The third-order valence-electron chi connectivity index (χ3n) is 1.53. The van der Waals surface area contributed by atoms with Gasteiger partial charge < -0.3 is 0 Å². The van der Waals surface area contributed by atoms with Crippen LogP contribution in [-0.2, 0) is 20.0 Å². The largest absolute Gasteiger partial charge is 0.245 e. The molecule has 6 nitrogen and oxygen atoms in total. The van der Waals surface area contributed by atoms with Crippen molar-refractivity contribution in [3.8, 4) is 0 Å². The van der Waals surface area contributed by atoms with E-state index in [1.54, 1.807) is 0 Å². The lowest BCUT2D eigenvalue weighted by Crippen LogP contribution is -2.35.